The summed E-state index contributed by atoms with van der Waals surface area (Å²) in [6, 6.07) is 6.61. The molecule has 1 aromatic carbocycles. The standard InChI is InChI=1S/C15H24N4/c1-12-17-14-11-13(5-6-15(14)19(12)4)7-9-18(3)10-8-16-2/h5-6,11,16H,7-10H2,1-4H3. The molecule has 0 unspecified atom stereocenters. The highest BCUT2D eigenvalue weighted by atomic mass is 15.1. The van der Waals surface area contributed by atoms with Crippen LogP contribution < -0.4 is 5.32 Å². The molecule has 104 valence electrons. The molecule has 0 fully saturated rings. The van der Waals surface area contributed by atoms with Crippen molar-refractivity contribution in [2.75, 3.05) is 33.7 Å². The van der Waals surface area contributed by atoms with Gasteiger partial charge in [-0.3, -0.25) is 0 Å². The van der Waals surface area contributed by atoms with E-state index in [1.165, 1.54) is 11.1 Å². The number of nitrogens with one attached hydrogen (secondary N) is 1. The molecule has 0 aliphatic heterocycles. The van der Waals surface area contributed by atoms with Crippen molar-refractivity contribution >= 4 is 11.0 Å². The van der Waals surface area contributed by atoms with Gasteiger partial charge in [0.05, 0.1) is 11.0 Å². The average Bonchev–Trinajstić information content (AvgIpc) is 2.69. The lowest BCUT2D eigenvalue weighted by atomic mass is 10.1. The third-order valence-electron chi connectivity index (χ3n) is 3.69. The van der Waals surface area contributed by atoms with Gasteiger partial charge in [-0.2, -0.15) is 0 Å². The van der Waals surface area contributed by atoms with Crippen LogP contribution in [0.3, 0.4) is 0 Å². The lowest BCUT2D eigenvalue weighted by Crippen LogP contribution is -2.29. The van der Waals surface area contributed by atoms with Crippen LogP contribution in [0.15, 0.2) is 18.2 Å². The summed E-state index contributed by atoms with van der Waals surface area (Å²) in [6.07, 6.45) is 1.08. The zero-order chi connectivity index (χ0) is 13.8. The molecule has 2 rings (SSSR count). The maximum atomic E-state index is 4.59. The Bertz CT molecular complexity index is 544. The number of benzene rings is 1. The van der Waals surface area contributed by atoms with Crippen LogP contribution in [0.5, 0.6) is 0 Å². The monoisotopic (exact) mass is 260 g/mol. The van der Waals surface area contributed by atoms with Gasteiger partial charge in [0.25, 0.3) is 0 Å². The summed E-state index contributed by atoms with van der Waals surface area (Å²) in [5, 5.41) is 3.18. The van der Waals surface area contributed by atoms with Gasteiger partial charge in [0.15, 0.2) is 0 Å². The molecule has 1 aromatic heterocycles. The summed E-state index contributed by atoms with van der Waals surface area (Å²) in [7, 11) is 6.22. The number of likely N-dealkylation sites (N-methyl/N-ethyl adjacent to an activating group) is 2. The minimum absolute atomic E-state index is 1.04. The molecule has 2 aromatic rings. The van der Waals surface area contributed by atoms with Gasteiger partial charge in [-0.25, -0.2) is 4.98 Å². The first-order valence-corrected chi connectivity index (χ1v) is 6.87. The number of imidazole rings is 1. The molecule has 0 aliphatic carbocycles. The highest BCUT2D eigenvalue weighted by Gasteiger charge is 2.05. The van der Waals surface area contributed by atoms with Crippen LogP contribution in [-0.4, -0.2) is 48.2 Å². The van der Waals surface area contributed by atoms with Gasteiger partial charge in [-0.1, -0.05) is 6.07 Å². The summed E-state index contributed by atoms with van der Waals surface area (Å²) in [6.45, 7) is 5.25. The van der Waals surface area contributed by atoms with E-state index in [0.717, 1.165) is 37.4 Å². The molecule has 4 heteroatoms. The third kappa shape index (κ3) is 3.33. The van der Waals surface area contributed by atoms with Crippen molar-refractivity contribution in [3.8, 4) is 0 Å². The van der Waals surface area contributed by atoms with Gasteiger partial charge in [0.1, 0.15) is 5.82 Å². The Kier molecular flexibility index (Phi) is 4.56. The van der Waals surface area contributed by atoms with E-state index < -0.39 is 0 Å². The minimum atomic E-state index is 1.04. The van der Waals surface area contributed by atoms with Gasteiger partial charge >= 0.3 is 0 Å². The van der Waals surface area contributed by atoms with Crippen LogP contribution in [0.25, 0.3) is 11.0 Å². The predicted molar refractivity (Wildman–Crippen MR) is 80.6 cm³/mol. The van der Waals surface area contributed by atoms with Crippen LogP contribution in [0.4, 0.5) is 0 Å². The van der Waals surface area contributed by atoms with Crippen molar-refractivity contribution in [1.29, 1.82) is 0 Å². The highest BCUT2D eigenvalue weighted by Crippen LogP contribution is 2.16. The first-order chi connectivity index (χ1) is 9.11. The smallest absolute Gasteiger partial charge is 0.106 e. The summed E-state index contributed by atoms with van der Waals surface area (Å²) in [5.41, 5.74) is 3.68. The Labute approximate surface area is 115 Å². The van der Waals surface area contributed by atoms with Crippen LogP contribution in [-0.2, 0) is 13.5 Å². The molecular weight excluding hydrogens is 236 g/mol. The largest absolute Gasteiger partial charge is 0.331 e. The van der Waals surface area contributed by atoms with Crippen molar-refractivity contribution in [1.82, 2.24) is 19.8 Å². The van der Waals surface area contributed by atoms with Crippen LogP contribution >= 0.6 is 0 Å². The van der Waals surface area contributed by atoms with E-state index in [2.05, 4.69) is 52.1 Å². The zero-order valence-electron chi connectivity index (χ0n) is 12.4. The number of nitrogens with zero attached hydrogens (tertiary/aromatic N) is 3. The van der Waals surface area contributed by atoms with Crippen molar-refractivity contribution in [3.63, 3.8) is 0 Å². The second-order valence-corrected chi connectivity index (χ2v) is 5.20. The van der Waals surface area contributed by atoms with E-state index >= 15 is 0 Å². The van der Waals surface area contributed by atoms with Crippen molar-refractivity contribution in [3.05, 3.63) is 29.6 Å². The average molecular weight is 260 g/mol. The normalized spacial score (nSPS) is 11.6. The first-order valence-electron chi connectivity index (χ1n) is 6.87. The molecule has 0 aliphatic rings. The number of rotatable bonds is 6. The molecule has 0 bridgehead atoms. The maximum Gasteiger partial charge on any atom is 0.106 e. The highest BCUT2D eigenvalue weighted by molar-refractivity contribution is 5.76. The van der Waals surface area contributed by atoms with Gasteiger partial charge < -0.3 is 14.8 Å². The zero-order valence-corrected chi connectivity index (χ0v) is 12.4. The maximum absolute atomic E-state index is 4.59. The molecule has 0 amide bonds. The Hall–Kier alpha value is -1.39. The quantitative estimate of drug-likeness (QED) is 0.856. The first kappa shape index (κ1) is 14.0. The van der Waals surface area contributed by atoms with E-state index in [9.17, 15) is 0 Å². The molecule has 0 saturated heterocycles. The van der Waals surface area contributed by atoms with E-state index in [4.69, 9.17) is 0 Å². The van der Waals surface area contributed by atoms with E-state index in [0.29, 0.717) is 0 Å². The topological polar surface area (TPSA) is 33.1 Å². The molecule has 0 atom stereocenters. The molecule has 19 heavy (non-hydrogen) atoms. The number of fused-ring (bicyclic) bond motifs is 1. The lowest BCUT2D eigenvalue weighted by Gasteiger charge is -2.16. The van der Waals surface area contributed by atoms with Gasteiger partial charge in [0.2, 0.25) is 0 Å². The fraction of sp³-hybridized carbons (Fsp3) is 0.533. The number of aryl methyl sites for hydroxylation is 2. The van der Waals surface area contributed by atoms with Crippen molar-refractivity contribution < 1.29 is 0 Å². The Morgan fingerprint density at radius 2 is 2.11 bits per heavy atom. The SMILES string of the molecule is CNCCN(C)CCc1ccc2c(c1)nc(C)n2C. The molecule has 0 saturated carbocycles. The van der Waals surface area contributed by atoms with Gasteiger partial charge in [0, 0.05) is 26.7 Å². The molecule has 0 radical (unpaired) electrons. The second-order valence-electron chi connectivity index (χ2n) is 5.20. The third-order valence-corrected chi connectivity index (χ3v) is 3.69. The molecule has 0 spiro atoms. The van der Waals surface area contributed by atoms with E-state index in [-0.39, 0.29) is 0 Å². The summed E-state index contributed by atoms with van der Waals surface area (Å²) in [5.74, 6) is 1.07. The Morgan fingerprint density at radius 3 is 2.84 bits per heavy atom. The molecule has 4 nitrogen and oxygen atoms in total. The number of hydrogen-bond acceptors (Lipinski definition) is 3. The number of hydrogen-bond donors (Lipinski definition) is 1. The van der Waals surface area contributed by atoms with Crippen LogP contribution in [0.2, 0.25) is 0 Å². The molecule has 1 heterocycles. The summed E-state index contributed by atoms with van der Waals surface area (Å²) >= 11 is 0. The Balaban J connectivity index is 2.01. The van der Waals surface area contributed by atoms with E-state index in [1.807, 2.05) is 14.0 Å². The van der Waals surface area contributed by atoms with Crippen LogP contribution in [0.1, 0.15) is 11.4 Å². The fourth-order valence-electron chi connectivity index (χ4n) is 2.26. The predicted octanol–water partition coefficient (Wildman–Crippen LogP) is 1.58. The molecular formula is C15H24N4. The summed E-state index contributed by atoms with van der Waals surface area (Å²) in [4.78, 5) is 6.94. The fourth-order valence-corrected chi connectivity index (χ4v) is 2.26. The minimum Gasteiger partial charge on any atom is -0.331 e. The summed E-state index contributed by atoms with van der Waals surface area (Å²) < 4.78 is 2.14. The molecule has 1 N–H and O–H groups in total. The van der Waals surface area contributed by atoms with Gasteiger partial charge in [-0.15, -0.1) is 0 Å². The lowest BCUT2D eigenvalue weighted by molar-refractivity contribution is 0.339. The second kappa shape index (κ2) is 6.17. The van der Waals surface area contributed by atoms with Crippen LogP contribution in [0, 0.1) is 6.92 Å². The van der Waals surface area contributed by atoms with E-state index in [1.54, 1.807) is 0 Å². The Morgan fingerprint density at radius 1 is 1.32 bits per heavy atom. The van der Waals surface area contributed by atoms with Crippen molar-refractivity contribution in [2.24, 2.45) is 7.05 Å². The van der Waals surface area contributed by atoms with Crippen molar-refractivity contribution in [2.45, 2.75) is 13.3 Å². The van der Waals surface area contributed by atoms with Gasteiger partial charge in [-0.05, 0) is 45.1 Å². The number of aromatic nitrogens is 2.